The predicted molar refractivity (Wildman–Crippen MR) is 77.3 cm³/mol. The largest absolute Gasteiger partial charge is 0.337 e. The average Bonchev–Trinajstić information content (AvgIpc) is 2.94. The molecule has 1 aromatic heterocycles. The molecule has 110 valence electrons. The second-order valence-electron chi connectivity index (χ2n) is 6.66. The third-order valence-corrected chi connectivity index (χ3v) is 5.03. The monoisotopic (exact) mass is 295 g/mol. The maximum Gasteiger partial charge on any atom is 0.250 e. The van der Waals surface area contributed by atoms with Gasteiger partial charge in [-0.25, -0.2) is 0 Å². The average molecular weight is 295 g/mol. The molecule has 1 unspecified atom stereocenters. The zero-order valence-corrected chi connectivity index (χ0v) is 13.1. The standard InChI is InChI=1S/C14H21N3O2S/c1-14(2,3)13-15-11(19-16-13)10-7-20-8-17(10)12(18)9-5-4-6-9/h9-10H,4-8H2,1-3H3. The van der Waals surface area contributed by atoms with Crippen molar-refractivity contribution in [2.75, 3.05) is 11.6 Å². The Balaban J connectivity index is 1.78. The van der Waals surface area contributed by atoms with Crippen LogP contribution in [0.25, 0.3) is 0 Å². The molecule has 0 bridgehead atoms. The summed E-state index contributed by atoms with van der Waals surface area (Å²) in [5.41, 5.74) is -0.129. The summed E-state index contributed by atoms with van der Waals surface area (Å²) in [5, 5.41) is 4.07. The van der Waals surface area contributed by atoms with Crippen LogP contribution in [0.4, 0.5) is 0 Å². The van der Waals surface area contributed by atoms with Gasteiger partial charge in [-0.2, -0.15) is 4.98 Å². The number of hydrogen-bond donors (Lipinski definition) is 0. The molecule has 0 radical (unpaired) electrons. The lowest BCUT2D eigenvalue weighted by atomic mass is 9.84. The van der Waals surface area contributed by atoms with Gasteiger partial charge in [-0.1, -0.05) is 32.3 Å². The molecule has 3 rings (SSSR count). The van der Waals surface area contributed by atoms with Gasteiger partial charge in [0.1, 0.15) is 6.04 Å². The van der Waals surface area contributed by atoms with Crippen molar-refractivity contribution in [1.29, 1.82) is 0 Å². The molecule has 2 heterocycles. The Hall–Kier alpha value is -1.04. The van der Waals surface area contributed by atoms with E-state index in [2.05, 4.69) is 30.9 Å². The number of aromatic nitrogens is 2. The van der Waals surface area contributed by atoms with Gasteiger partial charge in [0.2, 0.25) is 11.8 Å². The SMILES string of the molecule is CC(C)(C)c1noc(C2CSCN2C(=O)C2CCC2)n1. The van der Waals surface area contributed by atoms with E-state index in [1.807, 2.05) is 4.90 Å². The number of nitrogens with zero attached hydrogens (tertiary/aromatic N) is 3. The summed E-state index contributed by atoms with van der Waals surface area (Å²) >= 11 is 1.76. The molecule has 1 saturated carbocycles. The molecule has 1 amide bonds. The second-order valence-corrected chi connectivity index (χ2v) is 7.66. The third kappa shape index (κ3) is 2.45. The number of rotatable bonds is 2. The van der Waals surface area contributed by atoms with Crippen molar-refractivity contribution in [2.45, 2.75) is 51.5 Å². The van der Waals surface area contributed by atoms with Crippen molar-refractivity contribution in [3.8, 4) is 0 Å². The first kappa shape index (κ1) is 13.9. The van der Waals surface area contributed by atoms with Gasteiger partial charge in [0, 0.05) is 17.1 Å². The van der Waals surface area contributed by atoms with Gasteiger partial charge in [0.05, 0.1) is 5.88 Å². The summed E-state index contributed by atoms with van der Waals surface area (Å²) in [6, 6.07) is -0.0447. The van der Waals surface area contributed by atoms with Crippen LogP contribution in [-0.2, 0) is 10.2 Å². The first-order valence-corrected chi connectivity index (χ1v) is 8.34. The first-order valence-electron chi connectivity index (χ1n) is 7.19. The quantitative estimate of drug-likeness (QED) is 0.839. The number of hydrogen-bond acceptors (Lipinski definition) is 5. The number of carbonyl (C=O) groups excluding carboxylic acids is 1. The molecule has 1 atom stereocenters. The van der Waals surface area contributed by atoms with Crippen molar-refractivity contribution in [3.05, 3.63) is 11.7 Å². The summed E-state index contributed by atoms with van der Waals surface area (Å²) in [6.07, 6.45) is 3.24. The summed E-state index contributed by atoms with van der Waals surface area (Å²) < 4.78 is 5.42. The summed E-state index contributed by atoms with van der Waals surface area (Å²) in [4.78, 5) is 18.9. The topological polar surface area (TPSA) is 59.2 Å². The van der Waals surface area contributed by atoms with Crippen molar-refractivity contribution >= 4 is 17.7 Å². The molecule has 6 heteroatoms. The highest BCUT2D eigenvalue weighted by molar-refractivity contribution is 7.99. The van der Waals surface area contributed by atoms with Gasteiger partial charge in [0.25, 0.3) is 0 Å². The van der Waals surface area contributed by atoms with Crippen LogP contribution in [0, 0.1) is 5.92 Å². The van der Waals surface area contributed by atoms with Crippen LogP contribution >= 0.6 is 11.8 Å². The Morgan fingerprint density at radius 1 is 1.40 bits per heavy atom. The maximum atomic E-state index is 12.4. The van der Waals surface area contributed by atoms with E-state index in [0.29, 0.717) is 11.7 Å². The minimum Gasteiger partial charge on any atom is -0.337 e. The number of thioether (sulfide) groups is 1. The van der Waals surface area contributed by atoms with E-state index in [-0.39, 0.29) is 23.3 Å². The normalized spacial score (nSPS) is 23.9. The third-order valence-electron chi connectivity index (χ3n) is 4.02. The van der Waals surface area contributed by atoms with Crippen LogP contribution < -0.4 is 0 Å². The minimum absolute atomic E-state index is 0.0447. The van der Waals surface area contributed by atoms with Gasteiger partial charge in [-0.05, 0) is 12.8 Å². The summed E-state index contributed by atoms with van der Waals surface area (Å²) in [6.45, 7) is 6.17. The van der Waals surface area contributed by atoms with Crippen molar-refractivity contribution in [1.82, 2.24) is 15.0 Å². The lowest BCUT2D eigenvalue weighted by Gasteiger charge is -2.30. The van der Waals surface area contributed by atoms with Gasteiger partial charge >= 0.3 is 0 Å². The smallest absolute Gasteiger partial charge is 0.250 e. The molecule has 1 aliphatic carbocycles. The molecule has 2 fully saturated rings. The molecular weight excluding hydrogens is 274 g/mol. The van der Waals surface area contributed by atoms with E-state index in [4.69, 9.17) is 4.52 Å². The molecule has 1 aromatic rings. The highest BCUT2D eigenvalue weighted by Crippen LogP contribution is 2.37. The zero-order chi connectivity index (χ0) is 14.3. The molecule has 0 spiro atoms. The van der Waals surface area contributed by atoms with Crippen LogP contribution in [0.1, 0.15) is 57.8 Å². The molecule has 0 N–H and O–H groups in total. The Bertz CT molecular complexity index is 505. The number of carbonyl (C=O) groups is 1. The molecule has 5 nitrogen and oxygen atoms in total. The van der Waals surface area contributed by atoms with Crippen LogP contribution in [0.5, 0.6) is 0 Å². The lowest BCUT2D eigenvalue weighted by molar-refractivity contribution is -0.139. The summed E-state index contributed by atoms with van der Waals surface area (Å²) in [7, 11) is 0. The van der Waals surface area contributed by atoms with Crippen LogP contribution in [0.3, 0.4) is 0 Å². The molecule has 1 aliphatic heterocycles. The van der Waals surface area contributed by atoms with Gasteiger partial charge < -0.3 is 9.42 Å². The Labute approximate surface area is 123 Å². The number of amides is 1. The van der Waals surface area contributed by atoms with Crippen molar-refractivity contribution < 1.29 is 9.32 Å². The Morgan fingerprint density at radius 2 is 2.15 bits per heavy atom. The molecular formula is C14H21N3O2S. The lowest BCUT2D eigenvalue weighted by Crippen LogP contribution is -2.38. The molecule has 1 saturated heterocycles. The van der Waals surface area contributed by atoms with Gasteiger partial charge in [0.15, 0.2) is 5.82 Å². The van der Waals surface area contributed by atoms with Gasteiger partial charge in [-0.3, -0.25) is 4.79 Å². The van der Waals surface area contributed by atoms with Crippen LogP contribution in [-0.4, -0.2) is 32.6 Å². The second kappa shape index (κ2) is 5.06. The van der Waals surface area contributed by atoms with E-state index in [1.54, 1.807) is 11.8 Å². The van der Waals surface area contributed by atoms with E-state index in [1.165, 1.54) is 6.42 Å². The maximum absolute atomic E-state index is 12.4. The molecule has 2 aliphatic rings. The first-order chi connectivity index (χ1) is 9.47. The van der Waals surface area contributed by atoms with Crippen molar-refractivity contribution in [2.24, 2.45) is 5.92 Å². The fraction of sp³-hybridized carbons (Fsp3) is 0.786. The minimum atomic E-state index is -0.129. The van der Waals surface area contributed by atoms with E-state index in [9.17, 15) is 4.79 Å². The van der Waals surface area contributed by atoms with Crippen LogP contribution in [0.15, 0.2) is 4.52 Å². The van der Waals surface area contributed by atoms with E-state index in [0.717, 1.165) is 24.5 Å². The van der Waals surface area contributed by atoms with E-state index < -0.39 is 0 Å². The molecule has 20 heavy (non-hydrogen) atoms. The van der Waals surface area contributed by atoms with Gasteiger partial charge in [-0.15, -0.1) is 11.8 Å². The fourth-order valence-electron chi connectivity index (χ4n) is 2.43. The van der Waals surface area contributed by atoms with Crippen molar-refractivity contribution in [3.63, 3.8) is 0 Å². The predicted octanol–water partition coefficient (Wildman–Crippen LogP) is 2.74. The highest BCUT2D eigenvalue weighted by atomic mass is 32.2. The van der Waals surface area contributed by atoms with E-state index >= 15 is 0 Å². The molecule has 0 aromatic carbocycles. The highest BCUT2D eigenvalue weighted by Gasteiger charge is 2.39. The Morgan fingerprint density at radius 3 is 2.70 bits per heavy atom. The summed E-state index contributed by atoms with van der Waals surface area (Å²) in [5.74, 6) is 3.38. The van der Waals surface area contributed by atoms with Crippen LogP contribution in [0.2, 0.25) is 0 Å². The fourth-order valence-corrected chi connectivity index (χ4v) is 3.58. The Kier molecular flexibility index (Phi) is 3.52. The zero-order valence-electron chi connectivity index (χ0n) is 12.3.